The Bertz CT molecular complexity index is 3360. The van der Waals surface area contributed by atoms with Crippen molar-refractivity contribution in [1.82, 2.24) is 0 Å². The molecule has 12 rings (SSSR count). The standard InChI is InChI=1S/C54H32O2/c1-2-14-33(15-3-1)45-31-35(30-34-16-4-5-17-36(34)45)52-41-22-10-20-37(39-24-12-28-50-53(39)43-18-6-8-26-48(43)55-50)46(41)32-47-38(21-11-23-42(47)52)40-25-13-29-51-54(40)44-19-7-9-27-49(44)56-51/h1-32H. The number of hydrogen-bond donors (Lipinski definition) is 0. The van der Waals surface area contributed by atoms with Crippen molar-refractivity contribution in [2.45, 2.75) is 0 Å². The van der Waals surface area contributed by atoms with Crippen LogP contribution in [0.2, 0.25) is 0 Å². The van der Waals surface area contributed by atoms with Crippen molar-refractivity contribution in [3.63, 3.8) is 0 Å². The predicted octanol–water partition coefficient (Wildman–Crippen LogP) is 15.6. The van der Waals surface area contributed by atoms with E-state index in [4.69, 9.17) is 8.83 Å². The van der Waals surface area contributed by atoms with Crippen molar-refractivity contribution in [2.75, 3.05) is 0 Å². The van der Waals surface area contributed by atoms with Crippen molar-refractivity contribution >= 4 is 76.2 Å². The molecule has 56 heavy (non-hydrogen) atoms. The van der Waals surface area contributed by atoms with E-state index >= 15 is 0 Å². The molecule has 0 bridgehead atoms. The third kappa shape index (κ3) is 4.57. The highest BCUT2D eigenvalue weighted by atomic mass is 16.3. The maximum absolute atomic E-state index is 6.42. The lowest BCUT2D eigenvalue weighted by Crippen LogP contribution is -1.92. The van der Waals surface area contributed by atoms with E-state index in [1.165, 1.54) is 65.7 Å². The molecule has 0 fully saturated rings. The molecule has 0 unspecified atom stereocenters. The van der Waals surface area contributed by atoms with Gasteiger partial charge in [0.15, 0.2) is 0 Å². The molecule has 10 aromatic carbocycles. The normalized spacial score (nSPS) is 11.9. The summed E-state index contributed by atoms with van der Waals surface area (Å²) in [7, 11) is 0. The van der Waals surface area contributed by atoms with Crippen molar-refractivity contribution in [3.05, 3.63) is 194 Å². The zero-order chi connectivity index (χ0) is 36.7. The van der Waals surface area contributed by atoms with Gasteiger partial charge >= 0.3 is 0 Å². The number of para-hydroxylation sites is 2. The van der Waals surface area contributed by atoms with E-state index in [-0.39, 0.29) is 0 Å². The van der Waals surface area contributed by atoms with Crippen LogP contribution in [0.1, 0.15) is 0 Å². The molecule has 2 heteroatoms. The molecule has 0 radical (unpaired) electrons. The number of benzene rings is 10. The van der Waals surface area contributed by atoms with E-state index in [1.807, 2.05) is 12.1 Å². The van der Waals surface area contributed by atoms with E-state index in [2.05, 4.69) is 182 Å². The van der Waals surface area contributed by atoms with E-state index in [9.17, 15) is 0 Å². The molecular weight excluding hydrogens is 681 g/mol. The fourth-order valence-electron chi connectivity index (χ4n) is 9.26. The van der Waals surface area contributed by atoms with Crippen LogP contribution in [0.4, 0.5) is 0 Å². The molecule has 0 saturated heterocycles. The summed E-state index contributed by atoms with van der Waals surface area (Å²) in [5, 5.41) is 11.8. The Balaban J connectivity index is 1.24. The number of hydrogen-bond acceptors (Lipinski definition) is 2. The van der Waals surface area contributed by atoms with Gasteiger partial charge in [-0.1, -0.05) is 152 Å². The fraction of sp³-hybridized carbons (Fsp3) is 0. The molecule has 2 nitrogen and oxygen atoms in total. The summed E-state index contributed by atoms with van der Waals surface area (Å²) in [6.45, 7) is 0. The summed E-state index contributed by atoms with van der Waals surface area (Å²) in [6.07, 6.45) is 0. The second-order valence-electron chi connectivity index (χ2n) is 14.7. The summed E-state index contributed by atoms with van der Waals surface area (Å²) in [6, 6.07) is 70.0. The zero-order valence-corrected chi connectivity index (χ0v) is 30.3. The third-order valence-corrected chi connectivity index (χ3v) is 11.7. The maximum atomic E-state index is 6.42. The van der Waals surface area contributed by atoms with E-state index < -0.39 is 0 Å². The lowest BCUT2D eigenvalue weighted by Gasteiger charge is -2.19. The molecule has 0 atom stereocenters. The highest BCUT2D eigenvalue weighted by Crippen LogP contribution is 2.48. The summed E-state index contributed by atoms with van der Waals surface area (Å²) in [4.78, 5) is 0. The Hall–Kier alpha value is -7.42. The van der Waals surface area contributed by atoms with Crippen LogP contribution >= 0.6 is 0 Å². The monoisotopic (exact) mass is 712 g/mol. The Morgan fingerprint density at radius 1 is 0.250 bits per heavy atom. The van der Waals surface area contributed by atoms with Gasteiger partial charge in [0.1, 0.15) is 22.3 Å². The van der Waals surface area contributed by atoms with Crippen LogP contribution in [0.5, 0.6) is 0 Å². The Morgan fingerprint density at radius 3 is 1.32 bits per heavy atom. The Labute approximate surface area is 322 Å². The van der Waals surface area contributed by atoms with E-state index in [0.717, 1.165) is 55.0 Å². The quantitative estimate of drug-likeness (QED) is 0.170. The van der Waals surface area contributed by atoms with E-state index in [0.29, 0.717) is 0 Å². The van der Waals surface area contributed by atoms with Crippen LogP contribution < -0.4 is 0 Å². The van der Waals surface area contributed by atoms with Gasteiger partial charge in [0, 0.05) is 21.5 Å². The molecule has 2 heterocycles. The molecule has 0 N–H and O–H groups in total. The Morgan fingerprint density at radius 2 is 0.714 bits per heavy atom. The maximum Gasteiger partial charge on any atom is 0.136 e. The molecule has 0 aliphatic rings. The Kier molecular flexibility index (Phi) is 6.66. The highest BCUT2D eigenvalue weighted by molar-refractivity contribution is 6.24. The van der Waals surface area contributed by atoms with Crippen molar-refractivity contribution in [1.29, 1.82) is 0 Å². The molecule has 12 aromatic rings. The van der Waals surface area contributed by atoms with Gasteiger partial charge in [-0.2, -0.15) is 0 Å². The molecule has 0 aliphatic heterocycles. The molecule has 2 aromatic heterocycles. The van der Waals surface area contributed by atoms with Crippen LogP contribution in [-0.4, -0.2) is 0 Å². The van der Waals surface area contributed by atoms with Crippen LogP contribution in [-0.2, 0) is 0 Å². The van der Waals surface area contributed by atoms with Gasteiger partial charge in [0.05, 0.1) is 0 Å². The average Bonchev–Trinajstić information content (AvgIpc) is 3.84. The number of fused-ring (bicyclic) bond motifs is 9. The lowest BCUT2D eigenvalue weighted by atomic mass is 9.84. The molecule has 260 valence electrons. The third-order valence-electron chi connectivity index (χ3n) is 11.7. The van der Waals surface area contributed by atoms with Gasteiger partial charge < -0.3 is 8.83 Å². The minimum Gasteiger partial charge on any atom is -0.456 e. The van der Waals surface area contributed by atoms with Gasteiger partial charge in [0.2, 0.25) is 0 Å². The molecule has 0 saturated carbocycles. The first-order chi connectivity index (χ1) is 27.8. The van der Waals surface area contributed by atoms with Crippen LogP contribution in [0.25, 0.3) is 121 Å². The average molecular weight is 713 g/mol. The van der Waals surface area contributed by atoms with Crippen LogP contribution in [0.15, 0.2) is 203 Å². The minimum absolute atomic E-state index is 0.892. The fourth-order valence-corrected chi connectivity index (χ4v) is 9.26. The predicted molar refractivity (Wildman–Crippen MR) is 235 cm³/mol. The van der Waals surface area contributed by atoms with Gasteiger partial charge in [-0.25, -0.2) is 0 Å². The van der Waals surface area contributed by atoms with E-state index in [1.54, 1.807) is 0 Å². The molecule has 0 aliphatic carbocycles. The highest BCUT2D eigenvalue weighted by Gasteiger charge is 2.21. The number of rotatable bonds is 4. The second-order valence-corrected chi connectivity index (χ2v) is 14.7. The van der Waals surface area contributed by atoms with Gasteiger partial charge in [-0.3, -0.25) is 0 Å². The molecular formula is C54H32O2. The van der Waals surface area contributed by atoms with Gasteiger partial charge in [0.25, 0.3) is 0 Å². The van der Waals surface area contributed by atoms with Crippen LogP contribution in [0, 0.1) is 0 Å². The largest absolute Gasteiger partial charge is 0.456 e. The SMILES string of the molecule is c1ccc(-c2cc(-c3c4cccc(-c5cccc6oc7ccccc7c56)c4cc4c(-c5cccc6oc7ccccc7c56)cccc34)cc3ccccc23)cc1. The van der Waals surface area contributed by atoms with Crippen molar-refractivity contribution in [2.24, 2.45) is 0 Å². The minimum atomic E-state index is 0.892. The summed E-state index contributed by atoms with van der Waals surface area (Å²) < 4.78 is 12.8. The lowest BCUT2D eigenvalue weighted by molar-refractivity contribution is 0.668. The molecule has 0 spiro atoms. The summed E-state index contributed by atoms with van der Waals surface area (Å²) in [5.74, 6) is 0. The topological polar surface area (TPSA) is 26.3 Å². The first-order valence-electron chi connectivity index (χ1n) is 19.2. The first-order valence-corrected chi connectivity index (χ1v) is 19.2. The van der Waals surface area contributed by atoms with Crippen LogP contribution in [0.3, 0.4) is 0 Å². The van der Waals surface area contributed by atoms with Gasteiger partial charge in [-0.15, -0.1) is 0 Å². The number of furan rings is 2. The molecule has 0 amide bonds. The zero-order valence-electron chi connectivity index (χ0n) is 30.3. The van der Waals surface area contributed by atoms with Gasteiger partial charge in [-0.05, 0) is 119 Å². The summed E-state index contributed by atoms with van der Waals surface area (Å²) >= 11 is 0. The van der Waals surface area contributed by atoms with Crippen molar-refractivity contribution < 1.29 is 8.83 Å². The second kappa shape index (κ2) is 12.0. The first kappa shape index (κ1) is 31.0. The summed E-state index contributed by atoms with van der Waals surface area (Å²) in [5.41, 5.74) is 13.1. The smallest absolute Gasteiger partial charge is 0.136 e. The van der Waals surface area contributed by atoms with Crippen molar-refractivity contribution in [3.8, 4) is 44.5 Å².